The normalized spacial score (nSPS) is 11.0. The molecule has 0 fully saturated rings. The molecule has 0 unspecified atom stereocenters. The Morgan fingerprint density at radius 1 is 1.56 bits per heavy atom. The molecule has 16 heavy (non-hydrogen) atoms. The van der Waals surface area contributed by atoms with Crippen molar-refractivity contribution < 1.29 is 9.53 Å². The van der Waals surface area contributed by atoms with Crippen LogP contribution in [0.5, 0.6) is 0 Å². The van der Waals surface area contributed by atoms with Crippen molar-refractivity contribution in [1.82, 2.24) is 9.38 Å². The van der Waals surface area contributed by atoms with E-state index in [2.05, 4.69) is 27.6 Å². The van der Waals surface area contributed by atoms with Gasteiger partial charge < -0.3 is 9.14 Å². The van der Waals surface area contributed by atoms with Crippen LogP contribution in [0.4, 0.5) is 0 Å². The van der Waals surface area contributed by atoms with Gasteiger partial charge in [0.25, 0.3) is 0 Å². The van der Waals surface area contributed by atoms with E-state index in [-0.39, 0.29) is 12.1 Å². The minimum absolute atomic E-state index is 0.128. The third-order valence-electron chi connectivity index (χ3n) is 1.99. The Morgan fingerprint density at radius 2 is 2.31 bits per heavy atom. The van der Waals surface area contributed by atoms with Gasteiger partial charge in [-0.05, 0) is 48.6 Å². The van der Waals surface area contributed by atoms with Crippen molar-refractivity contribution in [3.63, 3.8) is 0 Å². The van der Waals surface area contributed by atoms with Crippen LogP contribution >= 0.6 is 22.6 Å². The van der Waals surface area contributed by atoms with E-state index in [1.807, 2.05) is 36.6 Å². The maximum Gasteiger partial charge on any atom is 0.358 e. The Morgan fingerprint density at radius 3 is 2.94 bits per heavy atom. The van der Waals surface area contributed by atoms with Crippen LogP contribution in [-0.4, -0.2) is 21.5 Å². The van der Waals surface area contributed by atoms with Crippen LogP contribution in [0.25, 0.3) is 5.65 Å². The molecule has 0 aliphatic carbocycles. The number of fused-ring (bicyclic) bond motifs is 1. The number of nitrogens with zero attached hydrogens (tertiary/aromatic N) is 2. The first-order valence-corrected chi connectivity index (χ1v) is 6.00. The first-order chi connectivity index (χ1) is 7.58. The van der Waals surface area contributed by atoms with E-state index in [9.17, 15) is 4.79 Å². The molecule has 5 heteroatoms. The van der Waals surface area contributed by atoms with Crippen molar-refractivity contribution in [3.05, 3.63) is 33.8 Å². The van der Waals surface area contributed by atoms with Crippen LogP contribution in [0.15, 0.2) is 24.5 Å². The molecule has 2 rings (SSSR count). The highest BCUT2D eigenvalue weighted by Crippen LogP contribution is 2.14. The van der Waals surface area contributed by atoms with Crippen molar-refractivity contribution in [1.29, 1.82) is 0 Å². The van der Waals surface area contributed by atoms with Gasteiger partial charge in [0.2, 0.25) is 0 Å². The van der Waals surface area contributed by atoms with Gasteiger partial charge in [0.1, 0.15) is 0 Å². The molecular formula is C11H11IN2O2. The fourth-order valence-electron chi connectivity index (χ4n) is 1.35. The van der Waals surface area contributed by atoms with Crippen molar-refractivity contribution in [2.45, 2.75) is 20.0 Å². The van der Waals surface area contributed by atoms with Crippen molar-refractivity contribution in [2.75, 3.05) is 0 Å². The van der Waals surface area contributed by atoms with Gasteiger partial charge >= 0.3 is 5.97 Å². The number of aromatic nitrogens is 2. The molecule has 0 spiro atoms. The fraction of sp³-hybridized carbons (Fsp3) is 0.273. The topological polar surface area (TPSA) is 43.6 Å². The Labute approximate surface area is 107 Å². The van der Waals surface area contributed by atoms with E-state index >= 15 is 0 Å². The Hall–Kier alpha value is -1.11. The smallest absolute Gasteiger partial charge is 0.358 e. The molecule has 0 aliphatic heterocycles. The third kappa shape index (κ3) is 2.18. The average molecular weight is 330 g/mol. The van der Waals surface area contributed by atoms with Gasteiger partial charge in [-0.3, -0.25) is 0 Å². The Kier molecular flexibility index (Phi) is 3.13. The largest absolute Gasteiger partial charge is 0.458 e. The second-order valence-electron chi connectivity index (χ2n) is 3.67. The quantitative estimate of drug-likeness (QED) is 0.628. The lowest BCUT2D eigenvalue weighted by atomic mass is 10.4. The molecule has 0 radical (unpaired) electrons. The molecule has 0 saturated carbocycles. The Balaban J connectivity index is 2.40. The fourth-order valence-corrected chi connectivity index (χ4v) is 1.96. The number of esters is 1. The summed E-state index contributed by atoms with van der Waals surface area (Å²) in [6.07, 6.45) is 3.41. The number of pyridine rings is 1. The standard InChI is InChI=1S/C11H11IN2O2/c1-7(2)16-11(15)9-6-14-5-3-4-8(12)10(14)13-9/h3-7H,1-2H3. The number of rotatable bonds is 2. The highest BCUT2D eigenvalue weighted by atomic mass is 127. The van der Waals surface area contributed by atoms with Crippen LogP contribution in [0, 0.1) is 3.57 Å². The van der Waals surface area contributed by atoms with Gasteiger partial charge in [-0.2, -0.15) is 0 Å². The number of carbonyl (C=O) groups is 1. The number of hydrogen-bond donors (Lipinski definition) is 0. The maximum atomic E-state index is 11.6. The zero-order valence-corrected chi connectivity index (χ0v) is 11.1. The molecule has 0 N–H and O–H groups in total. The van der Waals surface area contributed by atoms with Crippen LogP contribution in [0.3, 0.4) is 0 Å². The minimum Gasteiger partial charge on any atom is -0.458 e. The van der Waals surface area contributed by atoms with Crippen LogP contribution in [0.1, 0.15) is 24.3 Å². The predicted molar refractivity (Wildman–Crippen MR) is 68.5 cm³/mol. The van der Waals surface area contributed by atoms with Gasteiger partial charge in [0, 0.05) is 12.4 Å². The second kappa shape index (κ2) is 4.40. The molecule has 4 nitrogen and oxygen atoms in total. The van der Waals surface area contributed by atoms with Gasteiger partial charge in [0.15, 0.2) is 11.3 Å². The first kappa shape index (κ1) is 11.4. The highest BCUT2D eigenvalue weighted by molar-refractivity contribution is 14.1. The summed E-state index contributed by atoms with van der Waals surface area (Å²) >= 11 is 2.18. The maximum absolute atomic E-state index is 11.6. The molecular weight excluding hydrogens is 319 g/mol. The van der Waals surface area contributed by atoms with E-state index in [1.54, 1.807) is 6.20 Å². The summed E-state index contributed by atoms with van der Waals surface area (Å²) < 4.78 is 7.91. The molecule has 2 aromatic rings. The molecule has 2 aromatic heterocycles. The molecule has 2 heterocycles. The van der Waals surface area contributed by atoms with Crippen molar-refractivity contribution in [3.8, 4) is 0 Å². The van der Waals surface area contributed by atoms with Crippen LogP contribution < -0.4 is 0 Å². The van der Waals surface area contributed by atoms with E-state index in [1.165, 1.54) is 0 Å². The monoisotopic (exact) mass is 330 g/mol. The molecule has 84 valence electrons. The summed E-state index contributed by atoms with van der Waals surface area (Å²) in [7, 11) is 0. The van der Waals surface area contributed by atoms with Crippen LogP contribution in [-0.2, 0) is 4.74 Å². The summed E-state index contributed by atoms with van der Waals surface area (Å²) in [4.78, 5) is 15.9. The number of carbonyl (C=O) groups excluding carboxylic acids is 1. The SMILES string of the molecule is CC(C)OC(=O)c1cn2cccc(I)c2n1. The van der Waals surface area contributed by atoms with Crippen molar-refractivity contribution >= 4 is 34.2 Å². The van der Waals surface area contributed by atoms with Gasteiger partial charge in [-0.15, -0.1) is 0 Å². The van der Waals surface area contributed by atoms with Gasteiger partial charge in [-0.1, -0.05) is 0 Å². The van der Waals surface area contributed by atoms with E-state index in [0.717, 1.165) is 9.22 Å². The molecule has 0 saturated heterocycles. The molecule has 0 atom stereocenters. The predicted octanol–water partition coefficient (Wildman–Crippen LogP) is 2.50. The zero-order chi connectivity index (χ0) is 11.7. The Bertz CT molecular complexity index is 534. The zero-order valence-electron chi connectivity index (χ0n) is 8.98. The van der Waals surface area contributed by atoms with E-state index < -0.39 is 0 Å². The summed E-state index contributed by atoms with van der Waals surface area (Å²) in [6.45, 7) is 3.63. The number of halogens is 1. The number of ether oxygens (including phenoxy) is 1. The molecule has 0 aliphatic rings. The number of imidazole rings is 1. The summed E-state index contributed by atoms with van der Waals surface area (Å²) in [5.41, 5.74) is 1.12. The summed E-state index contributed by atoms with van der Waals surface area (Å²) in [5.74, 6) is -0.380. The van der Waals surface area contributed by atoms with Crippen LogP contribution in [0.2, 0.25) is 0 Å². The lowest BCUT2D eigenvalue weighted by Gasteiger charge is -2.04. The molecule has 0 amide bonds. The second-order valence-corrected chi connectivity index (χ2v) is 4.83. The third-order valence-corrected chi connectivity index (χ3v) is 2.83. The lowest BCUT2D eigenvalue weighted by Crippen LogP contribution is -2.11. The summed E-state index contributed by atoms with van der Waals surface area (Å²) in [5, 5.41) is 0. The number of hydrogen-bond acceptors (Lipinski definition) is 3. The molecule has 0 bridgehead atoms. The summed E-state index contributed by atoms with van der Waals surface area (Å²) in [6, 6.07) is 3.86. The van der Waals surface area contributed by atoms with E-state index in [4.69, 9.17) is 4.74 Å². The van der Waals surface area contributed by atoms with Gasteiger partial charge in [0.05, 0.1) is 9.67 Å². The average Bonchev–Trinajstić information content (AvgIpc) is 2.61. The minimum atomic E-state index is -0.380. The van der Waals surface area contributed by atoms with E-state index in [0.29, 0.717) is 5.69 Å². The first-order valence-electron chi connectivity index (χ1n) is 4.92. The van der Waals surface area contributed by atoms with Crippen molar-refractivity contribution in [2.24, 2.45) is 0 Å². The van der Waals surface area contributed by atoms with Gasteiger partial charge in [-0.25, -0.2) is 9.78 Å². The lowest BCUT2D eigenvalue weighted by molar-refractivity contribution is 0.0371. The molecule has 0 aromatic carbocycles. The highest BCUT2D eigenvalue weighted by Gasteiger charge is 2.14.